The van der Waals surface area contributed by atoms with Crippen LogP contribution in [0.15, 0.2) is 36.5 Å². The molecule has 1 atom stereocenters. The average Bonchev–Trinajstić information content (AvgIpc) is 3.18. The zero-order valence-corrected chi connectivity index (χ0v) is 19.4. The van der Waals surface area contributed by atoms with Crippen LogP contribution in [0.1, 0.15) is 22.6 Å². The summed E-state index contributed by atoms with van der Waals surface area (Å²) in [6.07, 6.45) is 2.41. The van der Waals surface area contributed by atoms with Crippen LogP contribution in [0.3, 0.4) is 0 Å². The molecule has 1 unspecified atom stereocenters. The van der Waals surface area contributed by atoms with Crippen molar-refractivity contribution < 1.29 is 19.0 Å². The Morgan fingerprint density at radius 2 is 2.12 bits per heavy atom. The molecule has 0 aliphatic carbocycles. The molecule has 2 aliphatic rings. The molecule has 3 heterocycles. The molecule has 176 valence electrons. The van der Waals surface area contributed by atoms with Crippen molar-refractivity contribution in [3.05, 3.63) is 64.1 Å². The number of anilines is 4. The van der Waals surface area contributed by atoms with Gasteiger partial charge in [0.2, 0.25) is 5.95 Å². The van der Waals surface area contributed by atoms with Gasteiger partial charge in [-0.3, -0.25) is 4.79 Å². The number of methoxy groups -OCH3 is 1. The highest BCUT2D eigenvalue weighted by molar-refractivity contribution is 6.33. The second-order valence-electron chi connectivity index (χ2n) is 8.50. The van der Waals surface area contributed by atoms with Crippen LogP contribution in [0.4, 0.5) is 27.5 Å². The van der Waals surface area contributed by atoms with E-state index in [-0.39, 0.29) is 17.5 Å². The predicted octanol–water partition coefficient (Wildman–Crippen LogP) is 4.33. The minimum atomic E-state index is -1.04. The maximum atomic E-state index is 13.8. The number of carbonyl (C=O) groups is 1. The third-order valence-electron chi connectivity index (χ3n) is 6.27. The summed E-state index contributed by atoms with van der Waals surface area (Å²) in [7, 11) is 3.70. The summed E-state index contributed by atoms with van der Waals surface area (Å²) in [4.78, 5) is 24.6. The minimum Gasteiger partial charge on any atom is -0.495 e. The summed E-state index contributed by atoms with van der Waals surface area (Å²) in [5.41, 5.74) is 4.11. The summed E-state index contributed by atoms with van der Waals surface area (Å²) in [6, 6.07) is 8.15. The number of nitrogens with zero attached hydrogens (tertiary/aromatic N) is 4. The van der Waals surface area contributed by atoms with Gasteiger partial charge >= 0.3 is 5.97 Å². The molecule has 10 heteroatoms. The van der Waals surface area contributed by atoms with Crippen LogP contribution in [-0.2, 0) is 17.8 Å². The molecule has 8 nitrogen and oxygen atoms in total. The van der Waals surface area contributed by atoms with Gasteiger partial charge in [-0.05, 0) is 60.5 Å². The van der Waals surface area contributed by atoms with Crippen molar-refractivity contribution >= 4 is 40.7 Å². The molecule has 2 aliphatic heterocycles. The zero-order chi connectivity index (χ0) is 24.0. The van der Waals surface area contributed by atoms with Crippen molar-refractivity contribution in [1.29, 1.82) is 0 Å². The van der Waals surface area contributed by atoms with Crippen molar-refractivity contribution in [3.63, 3.8) is 0 Å². The molecule has 0 saturated heterocycles. The molecule has 0 radical (unpaired) electrons. The molecule has 2 N–H and O–H groups in total. The fourth-order valence-corrected chi connectivity index (χ4v) is 4.76. The Kier molecular flexibility index (Phi) is 5.75. The highest BCUT2D eigenvalue weighted by atomic mass is 35.5. The Morgan fingerprint density at radius 1 is 1.29 bits per heavy atom. The van der Waals surface area contributed by atoms with Crippen molar-refractivity contribution in [1.82, 2.24) is 14.9 Å². The third-order valence-corrected chi connectivity index (χ3v) is 6.54. The number of carboxylic acid groups (broad SMARTS) is 1. The molecule has 5 rings (SSSR count). The first-order valence-corrected chi connectivity index (χ1v) is 11.2. The zero-order valence-electron chi connectivity index (χ0n) is 18.7. The molecule has 0 saturated carbocycles. The quantitative estimate of drug-likeness (QED) is 0.554. The first kappa shape index (κ1) is 22.4. The van der Waals surface area contributed by atoms with Gasteiger partial charge in [-0.2, -0.15) is 4.98 Å². The predicted molar refractivity (Wildman–Crippen MR) is 127 cm³/mol. The number of likely N-dealkylation sites (N-methyl/N-ethyl adjacent to an activating group) is 1. The van der Waals surface area contributed by atoms with Gasteiger partial charge in [-0.15, -0.1) is 0 Å². The van der Waals surface area contributed by atoms with Gasteiger partial charge in [-0.1, -0.05) is 11.6 Å². The van der Waals surface area contributed by atoms with Crippen molar-refractivity contribution in [2.75, 3.05) is 37.5 Å². The molecule has 0 fully saturated rings. The number of benzene rings is 2. The number of aromatic nitrogens is 2. The lowest BCUT2D eigenvalue weighted by molar-refractivity contribution is -0.138. The fraction of sp³-hybridized carbons (Fsp3) is 0.292. The molecule has 34 heavy (non-hydrogen) atoms. The average molecular weight is 484 g/mol. The van der Waals surface area contributed by atoms with E-state index in [0.717, 1.165) is 25.2 Å². The Bertz CT molecular complexity index is 1290. The van der Waals surface area contributed by atoms with E-state index in [9.17, 15) is 14.3 Å². The number of halogens is 2. The molecular weight excluding hydrogens is 461 g/mol. The number of ether oxygens (including phenoxy) is 1. The van der Waals surface area contributed by atoms with E-state index in [4.69, 9.17) is 16.3 Å². The van der Waals surface area contributed by atoms with Crippen molar-refractivity contribution in [2.24, 2.45) is 0 Å². The van der Waals surface area contributed by atoms with Gasteiger partial charge in [0, 0.05) is 25.3 Å². The minimum absolute atomic E-state index is 0.0821. The highest BCUT2D eigenvalue weighted by Crippen LogP contribution is 2.43. The van der Waals surface area contributed by atoms with Crippen LogP contribution in [0.5, 0.6) is 5.75 Å². The van der Waals surface area contributed by atoms with Crippen LogP contribution >= 0.6 is 11.6 Å². The number of nitrogens with one attached hydrogen (secondary N) is 1. The number of fused-ring (bicyclic) bond motifs is 2. The molecular formula is C24H23ClFN5O3. The van der Waals surface area contributed by atoms with E-state index >= 15 is 0 Å². The van der Waals surface area contributed by atoms with Crippen LogP contribution < -0.4 is 15.0 Å². The Balaban J connectivity index is 1.50. The Hall–Kier alpha value is -3.43. The number of aliphatic carboxylic acids is 1. The van der Waals surface area contributed by atoms with Gasteiger partial charge in [0.15, 0.2) is 5.82 Å². The van der Waals surface area contributed by atoms with E-state index in [1.165, 1.54) is 29.5 Å². The number of hydrogen-bond donors (Lipinski definition) is 2. The molecule has 0 bridgehead atoms. The Morgan fingerprint density at radius 3 is 2.88 bits per heavy atom. The lowest BCUT2D eigenvalue weighted by atomic mass is 9.99. The summed E-state index contributed by atoms with van der Waals surface area (Å²) >= 11 is 6.43. The first-order valence-electron chi connectivity index (χ1n) is 10.8. The van der Waals surface area contributed by atoms with E-state index < -0.39 is 17.7 Å². The van der Waals surface area contributed by atoms with Gasteiger partial charge in [0.25, 0.3) is 0 Å². The fourth-order valence-electron chi connectivity index (χ4n) is 4.56. The SMILES string of the molecule is COc1cc2c(cc1Nc1ncc(Cl)c(N3CC(C(=O)O)c4cc(F)ccc43)n1)CN(C)CC2. The smallest absolute Gasteiger partial charge is 0.312 e. The summed E-state index contributed by atoms with van der Waals surface area (Å²) in [5.74, 6) is -1.13. The molecule has 0 spiro atoms. The van der Waals surface area contributed by atoms with E-state index in [0.29, 0.717) is 22.8 Å². The maximum absolute atomic E-state index is 13.8. The lowest BCUT2D eigenvalue weighted by Crippen LogP contribution is -2.26. The summed E-state index contributed by atoms with van der Waals surface area (Å²) in [6.45, 7) is 1.91. The van der Waals surface area contributed by atoms with E-state index in [2.05, 4.69) is 27.2 Å². The number of hydrogen-bond acceptors (Lipinski definition) is 7. The largest absolute Gasteiger partial charge is 0.495 e. The van der Waals surface area contributed by atoms with Crippen molar-refractivity contribution in [2.45, 2.75) is 18.9 Å². The maximum Gasteiger partial charge on any atom is 0.312 e. The molecule has 2 aromatic carbocycles. The standard InChI is InChI=1S/C24H23ClFN5O3/c1-30-6-5-13-8-21(34-2)19(7-14(13)11-30)28-24-27-10-18(25)22(29-24)31-12-17(23(32)33)16-9-15(26)3-4-20(16)31/h3-4,7-10,17H,5-6,11-12H2,1-2H3,(H,32,33)(H,27,28,29). The molecule has 1 aromatic heterocycles. The van der Waals surface area contributed by atoms with Crippen LogP contribution in [-0.4, -0.2) is 53.2 Å². The number of rotatable bonds is 5. The second-order valence-corrected chi connectivity index (χ2v) is 8.91. The van der Waals surface area contributed by atoms with E-state index in [1.807, 2.05) is 12.1 Å². The summed E-state index contributed by atoms with van der Waals surface area (Å²) in [5, 5.41) is 13.1. The van der Waals surface area contributed by atoms with E-state index in [1.54, 1.807) is 18.1 Å². The monoisotopic (exact) mass is 483 g/mol. The normalized spacial score (nSPS) is 17.3. The van der Waals surface area contributed by atoms with Gasteiger partial charge in [0.05, 0.1) is 19.0 Å². The second kappa shape index (κ2) is 8.73. The van der Waals surface area contributed by atoms with Crippen LogP contribution in [0.25, 0.3) is 0 Å². The van der Waals surface area contributed by atoms with Gasteiger partial charge in [-0.25, -0.2) is 9.37 Å². The van der Waals surface area contributed by atoms with Crippen LogP contribution in [0.2, 0.25) is 5.02 Å². The van der Waals surface area contributed by atoms with Gasteiger partial charge in [0.1, 0.15) is 22.5 Å². The first-order chi connectivity index (χ1) is 16.3. The Labute approximate surface area is 201 Å². The molecule has 0 amide bonds. The third kappa shape index (κ3) is 4.01. The summed E-state index contributed by atoms with van der Waals surface area (Å²) < 4.78 is 19.4. The van der Waals surface area contributed by atoms with Crippen LogP contribution in [0, 0.1) is 5.82 Å². The number of carboxylic acids is 1. The molecule has 3 aromatic rings. The lowest BCUT2D eigenvalue weighted by Gasteiger charge is -2.26. The van der Waals surface area contributed by atoms with Crippen molar-refractivity contribution in [3.8, 4) is 5.75 Å². The topological polar surface area (TPSA) is 90.8 Å². The van der Waals surface area contributed by atoms with Gasteiger partial charge < -0.3 is 25.0 Å². The highest BCUT2D eigenvalue weighted by Gasteiger charge is 2.36.